The number of aryl methyl sites for hydroxylation is 1. The number of amidine groups is 1. The molecule has 0 amide bonds. The summed E-state index contributed by atoms with van der Waals surface area (Å²) in [5.41, 5.74) is 2.61. The first kappa shape index (κ1) is 20.2. The summed E-state index contributed by atoms with van der Waals surface area (Å²) in [6, 6.07) is 11.8. The van der Waals surface area contributed by atoms with Crippen LogP contribution in [0.25, 0.3) is 0 Å². The van der Waals surface area contributed by atoms with Gasteiger partial charge < -0.3 is 25.2 Å². The lowest BCUT2D eigenvalue weighted by molar-refractivity contribution is 0.312. The molecule has 0 saturated carbocycles. The van der Waals surface area contributed by atoms with Crippen LogP contribution >= 0.6 is 0 Å². The van der Waals surface area contributed by atoms with Crippen LogP contribution in [0.3, 0.4) is 0 Å². The molecule has 2 N–H and O–H groups in total. The molecule has 2 aliphatic heterocycles. The predicted octanol–water partition coefficient (Wildman–Crippen LogP) is 3.21. The molecule has 9 heteroatoms. The first-order chi connectivity index (χ1) is 15.6. The second kappa shape index (κ2) is 8.80. The quantitative estimate of drug-likeness (QED) is 0.652. The highest BCUT2D eigenvalue weighted by Crippen LogP contribution is 2.28. The summed E-state index contributed by atoms with van der Waals surface area (Å²) in [5.74, 6) is 3.58. The Bertz CT molecular complexity index is 1120. The fourth-order valence-electron chi connectivity index (χ4n) is 3.64. The maximum Gasteiger partial charge on any atom is 0.229 e. The lowest BCUT2D eigenvalue weighted by atomic mass is 10.2. The van der Waals surface area contributed by atoms with Crippen molar-refractivity contribution in [3.05, 3.63) is 54.4 Å². The van der Waals surface area contributed by atoms with Gasteiger partial charge in [-0.3, -0.25) is 0 Å². The van der Waals surface area contributed by atoms with Crippen LogP contribution in [0.5, 0.6) is 5.75 Å². The second-order valence-electron chi connectivity index (χ2n) is 7.99. The van der Waals surface area contributed by atoms with Crippen molar-refractivity contribution in [2.24, 2.45) is 4.99 Å². The third-order valence-electron chi connectivity index (χ3n) is 5.55. The molecule has 0 bridgehead atoms. The van der Waals surface area contributed by atoms with Gasteiger partial charge in [-0.2, -0.15) is 4.98 Å². The number of ether oxygens (including phenoxy) is 1. The predicted molar refractivity (Wildman–Crippen MR) is 127 cm³/mol. The van der Waals surface area contributed by atoms with Gasteiger partial charge in [0.2, 0.25) is 5.95 Å². The molecule has 2 aromatic heterocycles. The number of anilines is 4. The summed E-state index contributed by atoms with van der Waals surface area (Å²) in [6.45, 7) is 6.38. The molecule has 0 atom stereocenters. The highest BCUT2D eigenvalue weighted by Gasteiger charge is 2.16. The third kappa shape index (κ3) is 4.47. The summed E-state index contributed by atoms with van der Waals surface area (Å²) in [4.78, 5) is 22.9. The van der Waals surface area contributed by atoms with E-state index in [-0.39, 0.29) is 0 Å². The number of nitrogens with zero attached hydrogens (tertiary/aromatic N) is 6. The molecule has 0 aliphatic carbocycles. The van der Waals surface area contributed by atoms with E-state index in [9.17, 15) is 0 Å². The van der Waals surface area contributed by atoms with E-state index < -0.39 is 0 Å². The van der Waals surface area contributed by atoms with E-state index in [1.54, 1.807) is 6.20 Å². The highest BCUT2D eigenvalue weighted by atomic mass is 16.5. The van der Waals surface area contributed by atoms with E-state index in [0.29, 0.717) is 24.2 Å². The van der Waals surface area contributed by atoms with Gasteiger partial charge in [0.1, 0.15) is 24.0 Å². The number of benzene rings is 1. The molecule has 32 heavy (non-hydrogen) atoms. The molecule has 0 spiro atoms. The Balaban J connectivity index is 1.29. The molecule has 2 aliphatic rings. The number of nitrogens with one attached hydrogen (secondary N) is 2. The Morgan fingerprint density at radius 1 is 1.03 bits per heavy atom. The van der Waals surface area contributed by atoms with Gasteiger partial charge in [-0.1, -0.05) is 12.1 Å². The summed E-state index contributed by atoms with van der Waals surface area (Å²) in [5, 5.41) is 6.54. The Hall–Kier alpha value is -3.72. The zero-order valence-electron chi connectivity index (χ0n) is 18.2. The SMILES string of the molecule is Cc1cnc(Nc2ccc(N3CCN(C)CC3)nc2)nc1N=C1COc2ccccc2N1. The van der Waals surface area contributed by atoms with E-state index >= 15 is 0 Å². The van der Waals surface area contributed by atoms with E-state index in [1.165, 1.54) is 0 Å². The van der Waals surface area contributed by atoms with Crippen LogP contribution in [0.4, 0.5) is 29.0 Å². The van der Waals surface area contributed by atoms with Gasteiger partial charge in [-0.05, 0) is 38.2 Å². The number of rotatable bonds is 4. The number of pyridine rings is 1. The fourth-order valence-corrected chi connectivity index (χ4v) is 3.64. The minimum Gasteiger partial charge on any atom is -0.484 e. The maximum atomic E-state index is 5.77. The number of aromatic nitrogens is 3. The molecule has 164 valence electrons. The van der Waals surface area contributed by atoms with Crippen LogP contribution in [0.1, 0.15) is 5.56 Å². The lowest BCUT2D eigenvalue weighted by Gasteiger charge is -2.33. The van der Waals surface area contributed by atoms with Crippen molar-refractivity contribution >= 4 is 34.8 Å². The van der Waals surface area contributed by atoms with Crippen molar-refractivity contribution in [2.75, 3.05) is 55.4 Å². The highest BCUT2D eigenvalue weighted by molar-refractivity contribution is 6.00. The van der Waals surface area contributed by atoms with Gasteiger partial charge in [0.25, 0.3) is 0 Å². The number of piperazine rings is 1. The average Bonchev–Trinajstić information content (AvgIpc) is 2.82. The van der Waals surface area contributed by atoms with Crippen molar-refractivity contribution in [3.8, 4) is 5.75 Å². The van der Waals surface area contributed by atoms with Crippen LogP contribution in [-0.2, 0) is 0 Å². The largest absolute Gasteiger partial charge is 0.484 e. The molecule has 4 heterocycles. The van der Waals surface area contributed by atoms with Crippen molar-refractivity contribution in [1.29, 1.82) is 0 Å². The van der Waals surface area contributed by atoms with Crippen LogP contribution in [0, 0.1) is 6.92 Å². The molecule has 9 nitrogen and oxygen atoms in total. The van der Waals surface area contributed by atoms with Gasteiger partial charge in [-0.15, -0.1) is 0 Å². The molecular formula is C23H26N8O. The van der Waals surface area contributed by atoms with E-state index in [4.69, 9.17) is 4.74 Å². The van der Waals surface area contributed by atoms with Gasteiger partial charge in [-0.25, -0.2) is 15.0 Å². The number of fused-ring (bicyclic) bond motifs is 1. The Labute approximate surface area is 187 Å². The lowest BCUT2D eigenvalue weighted by Crippen LogP contribution is -2.44. The van der Waals surface area contributed by atoms with E-state index in [2.05, 4.69) is 47.4 Å². The zero-order valence-corrected chi connectivity index (χ0v) is 18.2. The summed E-state index contributed by atoms with van der Waals surface area (Å²) < 4.78 is 5.77. The maximum absolute atomic E-state index is 5.77. The molecule has 1 saturated heterocycles. The second-order valence-corrected chi connectivity index (χ2v) is 7.99. The Kier molecular flexibility index (Phi) is 5.55. The van der Waals surface area contributed by atoms with Crippen molar-refractivity contribution < 1.29 is 4.74 Å². The smallest absolute Gasteiger partial charge is 0.229 e. The molecule has 0 radical (unpaired) electrons. The molecular weight excluding hydrogens is 404 g/mol. The standard InChI is InChI=1S/C23H26N8O/c1-16-13-25-23(26-17-7-8-21(24-14-17)31-11-9-30(2)10-12-31)29-22(16)28-20-15-32-19-6-4-3-5-18(19)27-20/h3-8,13-14H,9-12,15H2,1-2H3,(H2,25,26,27,28,29). The Morgan fingerprint density at radius 2 is 1.88 bits per heavy atom. The average molecular weight is 431 g/mol. The van der Waals surface area contributed by atoms with Gasteiger partial charge in [0, 0.05) is 37.9 Å². The van der Waals surface area contributed by atoms with Crippen LogP contribution in [-0.4, -0.2) is 65.5 Å². The minimum atomic E-state index is 0.362. The fraction of sp³-hybridized carbons (Fsp3) is 0.304. The molecule has 0 unspecified atom stereocenters. The van der Waals surface area contributed by atoms with E-state index in [0.717, 1.165) is 54.7 Å². The van der Waals surface area contributed by atoms with Gasteiger partial charge in [0.15, 0.2) is 5.82 Å². The number of hydrogen-bond donors (Lipinski definition) is 2. The minimum absolute atomic E-state index is 0.362. The van der Waals surface area contributed by atoms with Crippen LogP contribution in [0.2, 0.25) is 0 Å². The van der Waals surface area contributed by atoms with Crippen LogP contribution < -0.4 is 20.3 Å². The molecule has 1 aromatic carbocycles. The van der Waals surface area contributed by atoms with Crippen molar-refractivity contribution in [2.45, 2.75) is 6.92 Å². The van der Waals surface area contributed by atoms with Crippen molar-refractivity contribution in [1.82, 2.24) is 19.9 Å². The first-order valence-corrected chi connectivity index (χ1v) is 10.7. The number of hydrogen-bond acceptors (Lipinski definition) is 8. The summed E-state index contributed by atoms with van der Waals surface area (Å²) in [7, 11) is 2.15. The number of para-hydroxylation sites is 2. The van der Waals surface area contributed by atoms with E-state index in [1.807, 2.05) is 49.5 Å². The molecule has 3 aromatic rings. The van der Waals surface area contributed by atoms with Crippen LogP contribution in [0.15, 0.2) is 53.8 Å². The summed E-state index contributed by atoms with van der Waals surface area (Å²) in [6.07, 6.45) is 3.58. The van der Waals surface area contributed by atoms with Crippen molar-refractivity contribution in [3.63, 3.8) is 0 Å². The first-order valence-electron chi connectivity index (χ1n) is 10.7. The Morgan fingerprint density at radius 3 is 2.69 bits per heavy atom. The third-order valence-corrected chi connectivity index (χ3v) is 5.55. The molecule has 5 rings (SSSR count). The summed E-state index contributed by atoms with van der Waals surface area (Å²) >= 11 is 0. The van der Waals surface area contributed by atoms with Gasteiger partial charge >= 0.3 is 0 Å². The monoisotopic (exact) mass is 430 g/mol. The van der Waals surface area contributed by atoms with Gasteiger partial charge in [0.05, 0.1) is 17.6 Å². The topological polar surface area (TPSA) is 90.8 Å². The molecule has 1 fully saturated rings. The number of likely N-dealkylation sites (N-methyl/N-ethyl adjacent to an activating group) is 1. The zero-order chi connectivity index (χ0) is 21.9. The normalized spacial score (nSPS) is 17.4. The number of aliphatic imine (C=N–C) groups is 1.